The van der Waals surface area contributed by atoms with E-state index in [1.54, 1.807) is 24.0 Å². The Morgan fingerprint density at radius 2 is 1.87 bits per heavy atom. The molecule has 0 bridgehead atoms. The first-order valence-electron chi connectivity index (χ1n) is 13.3. The van der Waals surface area contributed by atoms with Crippen molar-refractivity contribution in [2.45, 2.75) is 63.2 Å². The summed E-state index contributed by atoms with van der Waals surface area (Å²) in [6, 6.07) is 10.0. The third kappa shape index (κ3) is 8.56. The lowest BCUT2D eigenvalue weighted by atomic mass is 10.0. The molecular weight excluding hydrogens is 542 g/mol. The van der Waals surface area contributed by atoms with Crippen molar-refractivity contribution < 1.29 is 27.8 Å². The van der Waals surface area contributed by atoms with Gasteiger partial charge in [0.05, 0.1) is 35.3 Å². The van der Waals surface area contributed by atoms with Crippen LogP contribution in [0.4, 0.5) is 5.69 Å². The maximum absolute atomic E-state index is 14.0. The van der Waals surface area contributed by atoms with Gasteiger partial charge in [0.2, 0.25) is 0 Å². The third-order valence-corrected chi connectivity index (χ3v) is 8.48. The number of aliphatic hydroxyl groups excluding tert-OH is 1. The molecule has 1 amide bonds. The second-order valence-corrected chi connectivity index (χ2v) is 12.2. The molecule has 2 aromatic rings. The number of benzene rings is 2. The summed E-state index contributed by atoms with van der Waals surface area (Å²) in [6.07, 6.45) is 2.26. The molecule has 0 spiro atoms. The SMILES string of the molecule is CNC[C@@H]1OCCCC[C@@H](C)Oc2ccc(NS(=O)(=O)c3ccc(Cl)cc3)cc2C(=O)N([C@H](C)CO)C[C@@H]1C. The maximum atomic E-state index is 14.0. The molecule has 4 atom stereocenters. The molecule has 0 saturated heterocycles. The zero-order valence-electron chi connectivity index (χ0n) is 23.0. The van der Waals surface area contributed by atoms with Gasteiger partial charge in [-0.05, 0) is 82.6 Å². The highest BCUT2D eigenvalue weighted by Gasteiger charge is 2.30. The number of nitrogens with zero attached hydrogens (tertiary/aromatic N) is 1. The number of carbonyl (C=O) groups excluding carboxylic acids is 1. The first-order valence-corrected chi connectivity index (χ1v) is 15.2. The van der Waals surface area contributed by atoms with Crippen molar-refractivity contribution in [3.8, 4) is 5.75 Å². The predicted molar refractivity (Wildman–Crippen MR) is 153 cm³/mol. The van der Waals surface area contributed by atoms with Gasteiger partial charge in [-0.15, -0.1) is 0 Å². The number of amides is 1. The molecule has 0 radical (unpaired) electrons. The number of ether oxygens (including phenoxy) is 2. The van der Waals surface area contributed by atoms with Crippen molar-refractivity contribution in [2.24, 2.45) is 5.92 Å². The Hall–Kier alpha value is -2.37. The molecule has 3 rings (SSSR count). The first-order chi connectivity index (χ1) is 18.6. The highest BCUT2D eigenvalue weighted by Crippen LogP contribution is 2.29. The number of hydrogen-bond acceptors (Lipinski definition) is 7. The van der Waals surface area contributed by atoms with Gasteiger partial charge in [0.25, 0.3) is 15.9 Å². The second kappa shape index (κ2) is 14.3. The summed E-state index contributed by atoms with van der Waals surface area (Å²) in [7, 11) is -2.06. The summed E-state index contributed by atoms with van der Waals surface area (Å²) >= 11 is 5.91. The number of anilines is 1. The van der Waals surface area contributed by atoms with Crippen LogP contribution in [-0.2, 0) is 14.8 Å². The van der Waals surface area contributed by atoms with Gasteiger partial charge in [-0.25, -0.2) is 8.42 Å². The smallest absolute Gasteiger partial charge is 0.261 e. The lowest BCUT2D eigenvalue weighted by Crippen LogP contribution is -2.47. The van der Waals surface area contributed by atoms with Crippen LogP contribution in [0.3, 0.4) is 0 Å². The van der Waals surface area contributed by atoms with Crippen LogP contribution in [0.5, 0.6) is 5.75 Å². The summed E-state index contributed by atoms with van der Waals surface area (Å²) in [6.45, 7) is 7.09. The molecule has 9 nitrogen and oxygen atoms in total. The Kier molecular flexibility index (Phi) is 11.4. The minimum absolute atomic E-state index is 0.0341. The zero-order valence-corrected chi connectivity index (χ0v) is 24.6. The van der Waals surface area contributed by atoms with E-state index in [1.165, 1.54) is 30.3 Å². The Bertz CT molecular complexity index is 1190. The van der Waals surface area contributed by atoms with Gasteiger partial charge >= 0.3 is 0 Å². The molecule has 2 aromatic carbocycles. The van der Waals surface area contributed by atoms with E-state index in [0.29, 0.717) is 30.5 Å². The molecule has 1 aliphatic heterocycles. The summed E-state index contributed by atoms with van der Waals surface area (Å²) < 4.78 is 41.0. The van der Waals surface area contributed by atoms with Gasteiger partial charge in [0, 0.05) is 36.3 Å². The number of hydrogen-bond donors (Lipinski definition) is 3. The molecular formula is C28H40ClN3O6S. The van der Waals surface area contributed by atoms with Gasteiger partial charge in [-0.2, -0.15) is 0 Å². The third-order valence-electron chi connectivity index (χ3n) is 6.83. The van der Waals surface area contributed by atoms with E-state index in [0.717, 1.165) is 19.3 Å². The zero-order chi connectivity index (χ0) is 28.6. The summed E-state index contributed by atoms with van der Waals surface area (Å²) in [5.74, 6) is -0.0311. The van der Waals surface area contributed by atoms with Crippen molar-refractivity contribution in [3.05, 3.63) is 53.1 Å². The Morgan fingerprint density at radius 3 is 2.54 bits per heavy atom. The van der Waals surface area contributed by atoms with Crippen LogP contribution in [0.15, 0.2) is 47.4 Å². The van der Waals surface area contributed by atoms with E-state index >= 15 is 0 Å². The molecule has 216 valence electrons. The topological polar surface area (TPSA) is 117 Å². The molecule has 0 aliphatic carbocycles. The van der Waals surface area contributed by atoms with Crippen LogP contribution in [0.25, 0.3) is 0 Å². The molecule has 1 aliphatic rings. The van der Waals surface area contributed by atoms with Gasteiger partial charge in [-0.1, -0.05) is 18.5 Å². The molecule has 39 heavy (non-hydrogen) atoms. The van der Waals surface area contributed by atoms with E-state index in [1.807, 2.05) is 20.9 Å². The highest BCUT2D eigenvalue weighted by atomic mass is 35.5. The van der Waals surface area contributed by atoms with Gasteiger partial charge < -0.3 is 24.8 Å². The monoisotopic (exact) mass is 581 g/mol. The lowest BCUT2D eigenvalue weighted by Gasteiger charge is -2.34. The fraction of sp³-hybridized carbons (Fsp3) is 0.536. The van der Waals surface area contributed by atoms with Gasteiger partial charge in [0.15, 0.2) is 0 Å². The molecule has 11 heteroatoms. The van der Waals surface area contributed by atoms with Crippen molar-refractivity contribution in [1.82, 2.24) is 10.2 Å². The number of sulfonamides is 1. The van der Waals surface area contributed by atoms with Crippen LogP contribution in [0, 0.1) is 5.92 Å². The van der Waals surface area contributed by atoms with Crippen molar-refractivity contribution >= 4 is 33.2 Å². The average molecular weight is 582 g/mol. The van der Waals surface area contributed by atoms with E-state index in [9.17, 15) is 18.3 Å². The van der Waals surface area contributed by atoms with Gasteiger partial charge in [0.1, 0.15) is 5.75 Å². The standard InChI is InChI=1S/C28H40ClN3O6S/c1-19-17-32(20(2)18-33)28(34)25-15-23(31-39(35,36)24-11-8-22(29)9-12-24)10-13-26(25)38-21(3)7-5-6-14-37-27(19)16-30-4/h8-13,15,19-21,27,30-31,33H,5-7,14,16-18H2,1-4H3/t19-,20+,21+,27-/m0/s1. The van der Waals surface area contributed by atoms with Crippen LogP contribution in [-0.4, -0.2) is 75.9 Å². The van der Waals surface area contributed by atoms with Gasteiger partial charge in [-0.3, -0.25) is 9.52 Å². The van der Waals surface area contributed by atoms with Crippen molar-refractivity contribution in [2.75, 3.05) is 38.1 Å². The number of halogens is 1. The Labute approximate surface area is 236 Å². The minimum Gasteiger partial charge on any atom is -0.490 e. The number of likely N-dealkylation sites (N-methyl/N-ethyl adjacent to an activating group) is 1. The Morgan fingerprint density at radius 1 is 1.15 bits per heavy atom. The normalized spacial score (nSPS) is 22.4. The molecule has 0 aromatic heterocycles. The van der Waals surface area contributed by atoms with E-state index in [4.69, 9.17) is 21.1 Å². The summed E-state index contributed by atoms with van der Waals surface area (Å²) in [4.78, 5) is 15.7. The molecule has 1 heterocycles. The molecule has 3 N–H and O–H groups in total. The predicted octanol–water partition coefficient (Wildman–Crippen LogP) is 4.16. The van der Waals surface area contributed by atoms with Crippen LogP contribution in [0.2, 0.25) is 5.02 Å². The number of fused-ring (bicyclic) bond motifs is 1. The first kappa shape index (κ1) is 31.2. The second-order valence-electron chi connectivity index (χ2n) is 10.1. The number of aliphatic hydroxyl groups is 1. The Balaban J connectivity index is 2.02. The number of rotatable bonds is 7. The fourth-order valence-corrected chi connectivity index (χ4v) is 5.68. The van der Waals surface area contributed by atoms with Crippen LogP contribution < -0.4 is 14.8 Å². The number of carbonyl (C=O) groups is 1. The molecule has 0 saturated carbocycles. The number of nitrogens with one attached hydrogen (secondary N) is 2. The van der Waals surface area contributed by atoms with E-state index in [-0.39, 0.29) is 46.8 Å². The summed E-state index contributed by atoms with van der Waals surface area (Å²) in [5.41, 5.74) is 0.435. The highest BCUT2D eigenvalue weighted by molar-refractivity contribution is 7.92. The lowest BCUT2D eigenvalue weighted by molar-refractivity contribution is -0.000450. The molecule has 0 fully saturated rings. The largest absolute Gasteiger partial charge is 0.490 e. The average Bonchev–Trinajstić information content (AvgIpc) is 2.90. The fourth-order valence-electron chi connectivity index (χ4n) is 4.51. The van der Waals surface area contributed by atoms with Crippen molar-refractivity contribution in [3.63, 3.8) is 0 Å². The van der Waals surface area contributed by atoms with Crippen LogP contribution in [0.1, 0.15) is 50.4 Å². The van der Waals surface area contributed by atoms with Crippen LogP contribution >= 0.6 is 11.6 Å². The minimum atomic E-state index is -3.93. The van der Waals surface area contributed by atoms with Crippen molar-refractivity contribution in [1.29, 1.82) is 0 Å². The molecule has 0 unspecified atom stereocenters. The quantitative estimate of drug-likeness (QED) is 0.449. The maximum Gasteiger partial charge on any atom is 0.261 e. The summed E-state index contributed by atoms with van der Waals surface area (Å²) in [5, 5.41) is 13.6. The van der Waals surface area contributed by atoms with E-state index < -0.39 is 16.1 Å². The van der Waals surface area contributed by atoms with E-state index in [2.05, 4.69) is 10.0 Å².